The highest BCUT2D eigenvalue weighted by molar-refractivity contribution is 6.39. The molecule has 0 unspecified atom stereocenters. The number of hydrogen-bond acceptors (Lipinski definition) is 5. The van der Waals surface area contributed by atoms with Gasteiger partial charge in [-0.05, 0) is 24.3 Å². The topological polar surface area (TPSA) is 94.1 Å². The monoisotopic (exact) mass is 348 g/mol. The van der Waals surface area contributed by atoms with E-state index in [4.69, 9.17) is 28.9 Å². The summed E-state index contributed by atoms with van der Waals surface area (Å²) in [7, 11) is 0. The molecule has 1 heterocycles. The number of fused-ring (bicyclic) bond motifs is 1. The van der Waals surface area contributed by atoms with Gasteiger partial charge in [-0.15, -0.1) is 0 Å². The van der Waals surface area contributed by atoms with Crippen molar-refractivity contribution in [2.45, 2.75) is 0 Å². The number of nitro benzene ring substituents is 1. The number of nitrogens with zero attached hydrogens (tertiary/aromatic N) is 2. The summed E-state index contributed by atoms with van der Waals surface area (Å²) in [5.41, 5.74) is 7.31. The minimum atomic E-state index is -0.440. The third kappa shape index (κ3) is 2.86. The van der Waals surface area contributed by atoms with Gasteiger partial charge in [0.2, 0.25) is 0 Å². The van der Waals surface area contributed by atoms with E-state index in [9.17, 15) is 10.1 Å². The molecular formula is C15H10Cl2N4O2. The van der Waals surface area contributed by atoms with Gasteiger partial charge >= 0.3 is 0 Å². The molecule has 3 N–H and O–H groups in total. The van der Waals surface area contributed by atoms with Crippen LogP contribution in [0.15, 0.2) is 42.7 Å². The Morgan fingerprint density at radius 2 is 1.83 bits per heavy atom. The zero-order valence-electron chi connectivity index (χ0n) is 11.6. The molecule has 116 valence electrons. The number of pyridine rings is 1. The van der Waals surface area contributed by atoms with Crippen molar-refractivity contribution in [2.75, 3.05) is 11.1 Å². The number of hydrogen-bond donors (Lipinski definition) is 2. The summed E-state index contributed by atoms with van der Waals surface area (Å²) in [6, 6.07) is 8.02. The Kier molecular flexibility index (Phi) is 3.94. The highest BCUT2D eigenvalue weighted by Gasteiger charge is 2.15. The van der Waals surface area contributed by atoms with E-state index < -0.39 is 4.92 Å². The SMILES string of the molecule is Nc1c(Cl)cc(Nc2ccc([N+](=O)[O-])c3cnccc23)cc1Cl. The van der Waals surface area contributed by atoms with Gasteiger partial charge in [-0.3, -0.25) is 15.1 Å². The maximum atomic E-state index is 11.1. The van der Waals surface area contributed by atoms with E-state index in [-0.39, 0.29) is 5.69 Å². The lowest BCUT2D eigenvalue weighted by Crippen LogP contribution is -1.96. The third-order valence-electron chi connectivity index (χ3n) is 3.35. The zero-order valence-corrected chi connectivity index (χ0v) is 13.1. The molecule has 0 saturated heterocycles. The first-order valence-corrected chi connectivity index (χ1v) is 7.25. The van der Waals surface area contributed by atoms with E-state index in [1.54, 1.807) is 30.5 Å². The van der Waals surface area contributed by atoms with E-state index in [2.05, 4.69) is 10.3 Å². The molecule has 0 amide bonds. The average Bonchev–Trinajstić information content (AvgIpc) is 2.52. The molecule has 0 saturated carbocycles. The standard InChI is InChI=1S/C15H10Cl2N4O2/c16-11-5-8(6-12(17)15(11)18)20-13-1-2-14(21(22)23)10-7-19-4-3-9(10)13/h1-7,20H,18H2. The normalized spacial score (nSPS) is 10.7. The van der Waals surface area contributed by atoms with Gasteiger partial charge in [0.1, 0.15) is 0 Å². The lowest BCUT2D eigenvalue weighted by molar-refractivity contribution is -0.383. The fraction of sp³-hybridized carbons (Fsp3) is 0. The lowest BCUT2D eigenvalue weighted by atomic mass is 10.1. The Hall–Kier alpha value is -2.57. The number of nitro groups is 1. The maximum Gasteiger partial charge on any atom is 0.278 e. The van der Waals surface area contributed by atoms with Gasteiger partial charge < -0.3 is 11.1 Å². The number of nitrogens with one attached hydrogen (secondary N) is 1. The molecule has 0 spiro atoms. The number of nitrogens with two attached hydrogens (primary N) is 1. The molecule has 0 atom stereocenters. The lowest BCUT2D eigenvalue weighted by Gasteiger charge is -2.12. The van der Waals surface area contributed by atoms with E-state index in [1.165, 1.54) is 12.3 Å². The van der Waals surface area contributed by atoms with Crippen LogP contribution in [0.2, 0.25) is 10.0 Å². The first kappa shape index (κ1) is 15.3. The second-order valence-corrected chi connectivity index (χ2v) is 5.60. The molecule has 3 rings (SSSR count). The molecular weight excluding hydrogens is 339 g/mol. The summed E-state index contributed by atoms with van der Waals surface area (Å²) < 4.78 is 0. The Morgan fingerprint density at radius 1 is 1.13 bits per heavy atom. The molecule has 0 bridgehead atoms. The summed E-state index contributed by atoms with van der Waals surface area (Å²) >= 11 is 12.0. The number of rotatable bonds is 3. The van der Waals surface area contributed by atoms with Crippen molar-refractivity contribution in [2.24, 2.45) is 0 Å². The van der Waals surface area contributed by atoms with Crippen LogP contribution in [0.1, 0.15) is 0 Å². The number of halogens is 2. The number of nitrogen functional groups attached to an aromatic ring is 1. The minimum Gasteiger partial charge on any atom is -0.396 e. The molecule has 0 aliphatic rings. The highest BCUT2D eigenvalue weighted by atomic mass is 35.5. The molecule has 6 nitrogen and oxygen atoms in total. The van der Waals surface area contributed by atoms with E-state index in [0.29, 0.717) is 37.9 Å². The molecule has 0 radical (unpaired) electrons. The Balaban J connectivity index is 2.11. The van der Waals surface area contributed by atoms with Crippen LogP contribution in [0.5, 0.6) is 0 Å². The predicted octanol–water partition coefficient (Wildman–Crippen LogP) is 4.78. The van der Waals surface area contributed by atoms with Gasteiger partial charge in [0, 0.05) is 35.2 Å². The fourth-order valence-electron chi connectivity index (χ4n) is 2.26. The third-order valence-corrected chi connectivity index (χ3v) is 3.98. The first-order chi connectivity index (χ1) is 11.0. The van der Waals surface area contributed by atoms with Crippen molar-refractivity contribution >= 4 is 56.7 Å². The molecule has 8 heteroatoms. The van der Waals surface area contributed by atoms with Crippen LogP contribution in [-0.2, 0) is 0 Å². The molecule has 3 aromatic rings. The quantitative estimate of drug-likeness (QED) is 0.403. The van der Waals surface area contributed by atoms with Crippen molar-refractivity contribution in [1.82, 2.24) is 4.98 Å². The molecule has 0 fully saturated rings. The van der Waals surface area contributed by atoms with Crippen molar-refractivity contribution in [3.05, 3.63) is 62.9 Å². The second-order valence-electron chi connectivity index (χ2n) is 4.79. The van der Waals surface area contributed by atoms with E-state index in [1.807, 2.05) is 0 Å². The van der Waals surface area contributed by atoms with Gasteiger partial charge in [0.05, 0.1) is 26.0 Å². The molecule has 0 aliphatic carbocycles. The zero-order chi connectivity index (χ0) is 16.6. The van der Waals surface area contributed by atoms with Crippen molar-refractivity contribution in [3.63, 3.8) is 0 Å². The van der Waals surface area contributed by atoms with Crippen LogP contribution < -0.4 is 11.1 Å². The maximum absolute atomic E-state index is 11.1. The summed E-state index contributed by atoms with van der Waals surface area (Å²) in [5, 5.41) is 16.0. The second kappa shape index (κ2) is 5.91. The van der Waals surface area contributed by atoms with E-state index in [0.717, 1.165) is 0 Å². The number of anilines is 3. The van der Waals surface area contributed by atoms with Crippen molar-refractivity contribution in [1.29, 1.82) is 0 Å². The van der Waals surface area contributed by atoms with Gasteiger partial charge in [0.25, 0.3) is 5.69 Å². The van der Waals surface area contributed by atoms with Crippen molar-refractivity contribution < 1.29 is 4.92 Å². The van der Waals surface area contributed by atoms with E-state index >= 15 is 0 Å². The van der Waals surface area contributed by atoms with Crippen LogP contribution >= 0.6 is 23.2 Å². The number of non-ortho nitro benzene ring substituents is 1. The smallest absolute Gasteiger partial charge is 0.278 e. The van der Waals surface area contributed by atoms with Crippen LogP contribution in [0.4, 0.5) is 22.7 Å². The largest absolute Gasteiger partial charge is 0.396 e. The number of aromatic nitrogens is 1. The Labute approximate surface area is 141 Å². The van der Waals surface area contributed by atoms with Gasteiger partial charge in [-0.25, -0.2) is 0 Å². The first-order valence-electron chi connectivity index (χ1n) is 6.50. The summed E-state index contributed by atoms with van der Waals surface area (Å²) in [6.45, 7) is 0. The Morgan fingerprint density at radius 3 is 2.48 bits per heavy atom. The number of benzene rings is 2. The molecule has 0 aliphatic heterocycles. The summed E-state index contributed by atoms with van der Waals surface area (Å²) in [6.07, 6.45) is 3.03. The molecule has 23 heavy (non-hydrogen) atoms. The molecule has 1 aromatic heterocycles. The Bertz CT molecular complexity index is 907. The van der Waals surface area contributed by atoms with Crippen LogP contribution in [0.3, 0.4) is 0 Å². The fourth-order valence-corrected chi connectivity index (χ4v) is 2.74. The van der Waals surface area contributed by atoms with Crippen LogP contribution in [-0.4, -0.2) is 9.91 Å². The van der Waals surface area contributed by atoms with Gasteiger partial charge in [-0.2, -0.15) is 0 Å². The predicted molar refractivity (Wildman–Crippen MR) is 92.6 cm³/mol. The highest BCUT2D eigenvalue weighted by Crippen LogP contribution is 2.35. The molecule has 2 aromatic carbocycles. The summed E-state index contributed by atoms with van der Waals surface area (Å²) in [5.74, 6) is 0. The van der Waals surface area contributed by atoms with Crippen LogP contribution in [0, 0.1) is 10.1 Å². The minimum absolute atomic E-state index is 0.00739. The van der Waals surface area contributed by atoms with Crippen molar-refractivity contribution in [3.8, 4) is 0 Å². The van der Waals surface area contributed by atoms with Gasteiger partial charge in [0.15, 0.2) is 0 Å². The van der Waals surface area contributed by atoms with Gasteiger partial charge in [-0.1, -0.05) is 23.2 Å². The van der Waals surface area contributed by atoms with Crippen LogP contribution in [0.25, 0.3) is 10.8 Å². The average molecular weight is 349 g/mol. The summed E-state index contributed by atoms with van der Waals surface area (Å²) in [4.78, 5) is 14.6.